The molecular weight excluding hydrogens is 467 g/mol. The van der Waals surface area contributed by atoms with Gasteiger partial charge in [-0.2, -0.15) is 13.2 Å². The van der Waals surface area contributed by atoms with E-state index in [1.165, 1.54) is 18.6 Å². The highest BCUT2D eigenvalue weighted by atomic mass is 35.5. The first kappa shape index (κ1) is 24.5. The monoisotopic (exact) mass is 493 g/mol. The zero-order valence-corrected chi connectivity index (χ0v) is 19.4. The second kappa shape index (κ2) is 9.58. The molecule has 1 fully saturated rings. The lowest BCUT2D eigenvalue weighted by Gasteiger charge is -2.30. The van der Waals surface area contributed by atoms with Crippen molar-refractivity contribution in [1.82, 2.24) is 9.97 Å². The van der Waals surface area contributed by atoms with Crippen LogP contribution in [0.2, 0.25) is 0 Å². The van der Waals surface area contributed by atoms with E-state index < -0.39 is 11.7 Å². The molecule has 1 spiro atoms. The Morgan fingerprint density at radius 2 is 1.85 bits per heavy atom. The van der Waals surface area contributed by atoms with Crippen LogP contribution in [0.25, 0.3) is 22.2 Å². The van der Waals surface area contributed by atoms with Crippen LogP contribution in [0.15, 0.2) is 41.6 Å². The molecule has 1 aromatic heterocycles. The minimum atomic E-state index is -4.46. The average Bonchev–Trinajstić information content (AvgIpc) is 3.42. The van der Waals surface area contributed by atoms with Crippen molar-refractivity contribution in [2.24, 2.45) is 5.16 Å². The minimum Gasteiger partial charge on any atom is -0.396 e. The summed E-state index contributed by atoms with van der Waals surface area (Å²) in [6.45, 7) is -0.00504. The topological polar surface area (TPSA) is 70.5 Å². The van der Waals surface area contributed by atoms with Gasteiger partial charge in [-0.05, 0) is 73.4 Å². The fourth-order valence-corrected chi connectivity index (χ4v) is 5.04. The molecule has 3 aromatic rings. The van der Waals surface area contributed by atoms with Gasteiger partial charge >= 0.3 is 6.18 Å². The van der Waals surface area contributed by atoms with Crippen molar-refractivity contribution in [3.8, 4) is 11.1 Å². The summed E-state index contributed by atoms with van der Waals surface area (Å²) < 4.78 is 40.9. The maximum absolute atomic E-state index is 13.6. The Balaban J connectivity index is 0.00000274. The summed E-state index contributed by atoms with van der Waals surface area (Å²) in [6.07, 6.45) is 2.64. The second-order valence-electron chi connectivity index (χ2n) is 9.04. The number of rotatable bonds is 5. The van der Waals surface area contributed by atoms with Crippen molar-refractivity contribution in [2.75, 3.05) is 6.61 Å². The first-order valence-electron chi connectivity index (χ1n) is 11.4. The predicted molar refractivity (Wildman–Crippen MR) is 127 cm³/mol. The van der Waals surface area contributed by atoms with Crippen molar-refractivity contribution in [2.45, 2.75) is 63.1 Å². The molecule has 2 N–H and O–H groups in total. The number of halogens is 4. The van der Waals surface area contributed by atoms with E-state index in [0.717, 1.165) is 48.5 Å². The molecule has 2 aromatic carbocycles. The van der Waals surface area contributed by atoms with Crippen LogP contribution in [0, 0.1) is 0 Å². The SMILES string of the molecule is Cl.OCCCc1cc(-c2ccccc2C(F)(F)F)cc2nc(C3=NOC4(CCCCC4)C3)[nH]c12. The number of imidazole rings is 1. The molecule has 5 rings (SSSR count). The molecule has 0 atom stereocenters. The maximum atomic E-state index is 13.6. The van der Waals surface area contributed by atoms with Gasteiger partial charge in [-0.25, -0.2) is 4.98 Å². The highest BCUT2D eigenvalue weighted by molar-refractivity contribution is 6.01. The summed E-state index contributed by atoms with van der Waals surface area (Å²) in [5.41, 5.74) is 2.56. The zero-order chi connectivity index (χ0) is 23.1. The molecule has 0 radical (unpaired) electrons. The number of oxime groups is 1. The zero-order valence-electron chi connectivity index (χ0n) is 18.6. The van der Waals surface area contributed by atoms with E-state index in [0.29, 0.717) is 36.2 Å². The Morgan fingerprint density at radius 1 is 1.09 bits per heavy atom. The third-order valence-electron chi connectivity index (χ3n) is 6.70. The lowest BCUT2D eigenvalue weighted by molar-refractivity contribution is -0.137. The summed E-state index contributed by atoms with van der Waals surface area (Å²) in [7, 11) is 0. The summed E-state index contributed by atoms with van der Waals surface area (Å²) in [6, 6.07) is 9.03. The summed E-state index contributed by atoms with van der Waals surface area (Å²) >= 11 is 0. The fourth-order valence-electron chi connectivity index (χ4n) is 5.04. The lowest BCUT2D eigenvalue weighted by atomic mass is 9.81. The highest BCUT2D eigenvalue weighted by Gasteiger charge is 2.41. The number of aromatic amines is 1. The highest BCUT2D eigenvalue weighted by Crippen LogP contribution is 2.41. The van der Waals surface area contributed by atoms with Gasteiger partial charge in [0.1, 0.15) is 11.3 Å². The van der Waals surface area contributed by atoms with Crippen LogP contribution >= 0.6 is 12.4 Å². The van der Waals surface area contributed by atoms with Gasteiger partial charge in [0.15, 0.2) is 5.82 Å². The normalized spacial score (nSPS) is 17.5. The van der Waals surface area contributed by atoms with Crippen LogP contribution in [-0.2, 0) is 17.4 Å². The molecule has 34 heavy (non-hydrogen) atoms. The van der Waals surface area contributed by atoms with Gasteiger partial charge in [0.2, 0.25) is 0 Å². The number of aliphatic hydroxyl groups is 1. The van der Waals surface area contributed by atoms with Gasteiger partial charge in [0.25, 0.3) is 0 Å². The Kier molecular flexibility index (Phi) is 6.92. The van der Waals surface area contributed by atoms with Gasteiger partial charge < -0.3 is 14.9 Å². The predicted octanol–water partition coefficient (Wildman–Crippen LogP) is 6.42. The van der Waals surface area contributed by atoms with Gasteiger partial charge in [-0.15, -0.1) is 12.4 Å². The molecule has 2 heterocycles. The van der Waals surface area contributed by atoms with E-state index in [4.69, 9.17) is 9.82 Å². The van der Waals surface area contributed by atoms with E-state index in [-0.39, 0.29) is 30.2 Å². The quantitative estimate of drug-likeness (QED) is 0.430. The van der Waals surface area contributed by atoms with Crippen molar-refractivity contribution >= 4 is 29.2 Å². The van der Waals surface area contributed by atoms with Crippen LogP contribution in [-0.4, -0.2) is 33.0 Å². The number of hydrogen-bond donors (Lipinski definition) is 2. The Morgan fingerprint density at radius 3 is 2.59 bits per heavy atom. The van der Waals surface area contributed by atoms with Crippen LogP contribution in [0.4, 0.5) is 13.2 Å². The number of hydrogen-bond acceptors (Lipinski definition) is 4. The second-order valence-corrected chi connectivity index (χ2v) is 9.04. The Bertz CT molecular complexity index is 1200. The van der Waals surface area contributed by atoms with Crippen LogP contribution in [0.5, 0.6) is 0 Å². The molecule has 1 aliphatic heterocycles. The summed E-state index contributed by atoms with van der Waals surface area (Å²) in [5, 5.41) is 13.7. The number of aryl methyl sites for hydroxylation is 1. The molecular formula is C25H27ClF3N3O2. The van der Waals surface area contributed by atoms with E-state index in [1.54, 1.807) is 18.2 Å². The molecule has 0 saturated heterocycles. The standard InChI is InChI=1S/C25H26F3N3O2.ClH/c26-25(27,28)19-9-3-2-8-18(19)17-13-16(7-6-12-32)22-20(14-17)29-23(30-22)21-15-24(33-31-21)10-4-1-5-11-24;/h2-3,8-9,13-14,32H,1,4-7,10-12,15H2,(H,29,30);1H. The number of aromatic nitrogens is 2. The number of nitrogens with zero attached hydrogens (tertiary/aromatic N) is 2. The number of H-pyrrole nitrogens is 1. The first-order chi connectivity index (χ1) is 15.9. The smallest absolute Gasteiger partial charge is 0.396 e. The maximum Gasteiger partial charge on any atom is 0.417 e. The molecule has 0 unspecified atom stereocenters. The third-order valence-corrected chi connectivity index (χ3v) is 6.70. The van der Waals surface area contributed by atoms with Crippen LogP contribution in [0.1, 0.15) is 61.9 Å². The molecule has 0 bridgehead atoms. The molecule has 5 nitrogen and oxygen atoms in total. The van der Waals surface area contributed by atoms with E-state index in [1.807, 2.05) is 0 Å². The third kappa shape index (κ3) is 4.66. The fraction of sp³-hybridized carbons (Fsp3) is 0.440. The number of benzene rings is 2. The van der Waals surface area contributed by atoms with E-state index in [2.05, 4.69) is 10.1 Å². The largest absolute Gasteiger partial charge is 0.417 e. The summed E-state index contributed by atoms with van der Waals surface area (Å²) in [4.78, 5) is 13.9. The van der Waals surface area contributed by atoms with Gasteiger partial charge in [0.05, 0.1) is 16.6 Å². The van der Waals surface area contributed by atoms with Crippen molar-refractivity contribution in [1.29, 1.82) is 0 Å². The number of aliphatic hydroxyl groups excluding tert-OH is 1. The van der Waals surface area contributed by atoms with Gasteiger partial charge in [-0.1, -0.05) is 29.8 Å². The van der Waals surface area contributed by atoms with Crippen molar-refractivity contribution < 1.29 is 23.1 Å². The van der Waals surface area contributed by atoms with Crippen LogP contribution in [0.3, 0.4) is 0 Å². The number of alkyl halides is 3. The van der Waals surface area contributed by atoms with E-state index >= 15 is 0 Å². The van der Waals surface area contributed by atoms with Gasteiger partial charge in [-0.3, -0.25) is 0 Å². The van der Waals surface area contributed by atoms with Crippen molar-refractivity contribution in [3.05, 3.63) is 53.3 Å². The average molecular weight is 494 g/mol. The van der Waals surface area contributed by atoms with Crippen molar-refractivity contribution in [3.63, 3.8) is 0 Å². The molecule has 182 valence electrons. The molecule has 9 heteroatoms. The first-order valence-corrected chi connectivity index (χ1v) is 11.4. The van der Waals surface area contributed by atoms with E-state index in [9.17, 15) is 18.3 Å². The minimum absolute atomic E-state index is 0. The molecule has 2 aliphatic rings. The number of fused-ring (bicyclic) bond motifs is 1. The molecule has 1 saturated carbocycles. The molecule has 0 amide bonds. The Labute approximate surface area is 201 Å². The number of nitrogens with one attached hydrogen (secondary N) is 1. The summed E-state index contributed by atoms with van der Waals surface area (Å²) in [5.74, 6) is 0.596. The molecule has 1 aliphatic carbocycles. The van der Waals surface area contributed by atoms with Gasteiger partial charge in [0, 0.05) is 13.0 Å². The van der Waals surface area contributed by atoms with Crippen LogP contribution < -0.4 is 0 Å². The lowest BCUT2D eigenvalue weighted by Crippen LogP contribution is -2.31. The Hall–Kier alpha value is -2.58.